The molecule has 0 aliphatic carbocycles. The fourth-order valence-electron chi connectivity index (χ4n) is 1.25. The molecule has 0 saturated heterocycles. The second-order valence-corrected chi connectivity index (χ2v) is 3.58. The van der Waals surface area contributed by atoms with E-state index in [0.29, 0.717) is 23.6 Å². The standard InChI is InChI=1S/C10H13ClFNO/c1-6-8(11)3-2-7(10(6)12)9(14)4-5-13/h2-3,9,14H,4-5,13H2,1H3. The molecule has 0 aliphatic rings. The van der Waals surface area contributed by atoms with Gasteiger partial charge in [-0.05, 0) is 26.0 Å². The predicted octanol–water partition coefficient (Wildman–Crippen LogP) is 2.17. The second-order valence-electron chi connectivity index (χ2n) is 3.17. The third kappa shape index (κ3) is 2.23. The Balaban J connectivity index is 3.04. The van der Waals surface area contributed by atoms with Crippen molar-refractivity contribution in [2.24, 2.45) is 5.73 Å². The van der Waals surface area contributed by atoms with E-state index < -0.39 is 11.9 Å². The quantitative estimate of drug-likeness (QED) is 0.815. The van der Waals surface area contributed by atoms with Gasteiger partial charge in [0.2, 0.25) is 0 Å². The number of hydrogen-bond donors (Lipinski definition) is 2. The summed E-state index contributed by atoms with van der Waals surface area (Å²) in [4.78, 5) is 0. The van der Waals surface area contributed by atoms with Crippen LogP contribution in [0.5, 0.6) is 0 Å². The van der Waals surface area contributed by atoms with Crippen LogP contribution in [0.4, 0.5) is 4.39 Å². The largest absolute Gasteiger partial charge is 0.388 e. The average Bonchev–Trinajstić information content (AvgIpc) is 2.15. The van der Waals surface area contributed by atoms with Gasteiger partial charge >= 0.3 is 0 Å². The first-order valence-electron chi connectivity index (χ1n) is 4.40. The first kappa shape index (κ1) is 11.4. The number of halogens is 2. The van der Waals surface area contributed by atoms with Crippen LogP contribution in [-0.2, 0) is 0 Å². The highest BCUT2D eigenvalue weighted by Gasteiger charge is 2.15. The summed E-state index contributed by atoms with van der Waals surface area (Å²) in [5, 5.41) is 9.92. The zero-order valence-electron chi connectivity index (χ0n) is 7.93. The van der Waals surface area contributed by atoms with Gasteiger partial charge in [-0.3, -0.25) is 0 Å². The maximum atomic E-state index is 13.6. The summed E-state index contributed by atoms with van der Waals surface area (Å²) in [6, 6.07) is 3.07. The molecule has 0 aromatic heterocycles. The van der Waals surface area contributed by atoms with Crippen LogP contribution >= 0.6 is 11.6 Å². The summed E-state index contributed by atoms with van der Waals surface area (Å²) < 4.78 is 13.6. The van der Waals surface area contributed by atoms with Crippen molar-refractivity contribution in [2.75, 3.05) is 6.54 Å². The minimum atomic E-state index is -0.851. The molecule has 0 heterocycles. The van der Waals surface area contributed by atoms with Crippen LogP contribution in [0.1, 0.15) is 23.7 Å². The van der Waals surface area contributed by atoms with Crippen LogP contribution in [0.2, 0.25) is 5.02 Å². The highest BCUT2D eigenvalue weighted by Crippen LogP contribution is 2.26. The van der Waals surface area contributed by atoms with Crippen LogP contribution < -0.4 is 5.73 Å². The average molecular weight is 218 g/mol. The lowest BCUT2D eigenvalue weighted by Gasteiger charge is -2.12. The molecule has 1 aromatic carbocycles. The topological polar surface area (TPSA) is 46.2 Å². The molecule has 0 aliphatic heterocycles. The van der Waals surface area contributed by atoms with Crippen molar-refractivity contribution >= 4 is 11.6 Å². The van der Waals surface area contributed by atoms with E-state index in [4.69, 9.17) is 17.3 Å². The van der Waals surface area contributed by atoms with Gasteiger partial charge in [0.25, 0.3) is 0 Å². The van der Waals surface area contributed by atoms with E-state index in [9.17, 15) is 9.50 Å². The number of hydrogen-bond acceptors (Lipinski definition) is 2. The molecule has 1 unspecified atom stereocenters. The van der Waals surface area contributed by atoms with Crippen LogP contribution in [0, 0.1) is 12.7 Å². The molecule has 0 spiro atoms. The molecule has 0 saturated carbocycles. The van der Waals surface area contributed by atoms with Crippen molar-refractivity contribution in [3.8, 4) is 0 Å². The first-order valence-corrected chi connectivity index (χ1v) is 4.78. The summed E-state index contributed by atoms with van der Waals surface area (Å²) in [6.07, 6.45) is -0.506. The predicted molar refractivity (Wildman–Crippen MR) is 54.8 cm³/mol. The van der Waals surface area contributed by atoms with Crippen molar-refractivity contribution in [3.05, 3.63) is 34.1 Å². The fourth-order valence-corrected chi connectivity index (χ4v) is 1.40. The molecule has 0 bridgehead atoms. The van der Waals surface area contributed by atoms with Crippen molar-refractivity contribution in [1.29, 1.82) is 0 Å². The highest BCUT2D eigenvalue weighted by atomic mass is 35.5. The zero-order chi connectivity index (χ0) is 10.7. The zero-order valence-corrected chi connectivity index (χ0v) is 8.68. The van der Waals surface area contributed by atoms with Crippen molar-refractivity contribution in [2.45, 2.75) is 19.4 Å². The lowest BCUT2D eigenvalue weighted by atomic mass is 10.0. The Kier molecular flexibility index (Phi) is 3.86. The number of aliphatic hydroxyl groups is 1. The number of aliphatic hydroxyl groups excluding tert-OH is 1. The van der Waals surface area contributed by atoms with E-state index in [1.807, 2.05) is 0 Å². The normalized spacial score (nSPS) is 12.9. The van der Waals surface area contributed by atoms with Crippen molar-refractivity contribution in [3.63, 3.8) is 0 Å². The van der Waals surface area contributed by atoms with Gasteiger partial charge in [-0.25, -0.2) is 4.39 Å². The Morgan fingerprint density at radius 1 is 1.57 bits per heavy atom. The summed E-state index contributed by atoms with van der Waals surface area (Å²) in [5.74, 6) is -0.446. The van der Waals surface area contributed by atoms with Crippen LogP contribution in [0.25, 0.3) is 0 Å². The van der Waals surface area contributed by atoms with Gasteiger partial charge in [-0.2, -0.15) is 0 Å². The van der Waals surface area contributed by atoms with E-state index in [1.54, 1.807) is 13.0 Å². The van der Waals surface area contributed by atoms with Gasteiger partial charge in [0, 0.05) is 16.1 Å². The Hall–Kier alpha value is -0.640. The van der Waals surface area contributed by atoms with Crippen LogP contribution in [0.15, 0.2) is 12.1 Å². The van der Waals surface area contributed by atoms with E-state index in [0.717, 1.165) is 0 Å². The molecule has 4 heteroatoms. The Morgan fingerprint density at radius 2 is 2.21 bits per heavy atom. The molecule has 1 aromatic rings. The Labute approximate surface area is 87.5 Å². The summed E-state index contributed by atoms with van der Waals surface area (Å²) in [5.41, 5.74) is 5.90. The van der Waals surface area contributed by atoms with E-state index in [-0.39, 0.29) is 5.56 Å². The monoisotopic (exact) mass is 217 g/mol. The molecular formula is C10H13ClFNO. The van der Waals surface area contributed by atoms with E-state index >= 15 is 0 Å². The van der Waals surface area contributed by atoms with Gasteiger partial charge in [0.15, 0.2) is 0 Å². The molecule has 1 rings (SSSR count). The molecule has 0 radical (unpaired) electrons. The van der Waals surface area contributed by atoms with Crippen LogP contribution in [0.3, 0.4) is 0 Å². The molecule has 0 fully saturated rings. The summed E-state index contributed by atoms with van der Waals surface area (Å²) in [6.45, 7) is 1.90. The van der Waals surface area contributed by atoms with Gasteiger partial charge in [0.1, 0.15) is 5.82 Å². The number of nitrogens with two attached hydrogens (primary N) is 1. The van der Waals surface area contributed by atoms with Crippen molar-refractivity contribution in [1.82, 2.24) is 0 Å². The Morgan fingerprint density at radius 3 is 2.79 bits per heavy atom. The molecular weight excluding hydrogens is 205 g/mol. The third-order valence-electron chi connectivity index (χ3n) is 2.15. The third-order valence-corrected chi connectivity index (χ3v) is 2.56. The van der Waals surface area contributed by atoms with Gasteiger partial charge in [-0.1, -0.05) is 17.7 Å². The second kappa shape index (κ2) is 4.73. The molecule has 2 nitrogen and oxygen atoms in total. The lowest BCUT2D eigenvalue weighted by molar-refractivity contribution is 0.165. The summed E-state index contributed by atoms with van der Waals surface area (Å²) in [7, 11) is 0. The number of rotatable bonds is 3. The van der Waals surface area contributed by atoms with Crippen LogP contribution in [-0.4, -0.2) is 11.7 Å². The maximum absolute atomic E-state index is 13.6. The maximum Gasteiger partial charge on any atom is 0.133 e. The van der Waals surface area contributed by atoms with Gasteiger partial charge in [0.05, 0.1) is 6.10 Å². The number of benzene rings is 1. The minimum Gasteiger partial charge on any atom is -0.388 e. The molecule has 0 amide bonds. The summed E-state index contributed by atoms with van der Waals surface area (Å²) >= 11 is 5.72. The van der Waals surface area contributed by atoms with Gasteiger partial charge < -0.3 is 10.8 Å². The van der Waals surface area contributed by atoms with E-state index in [1.165, 1.54) is 6.07 Å². The lowest BCUT2D eigenvalue weighted by Crippen LogP contribution is -2.08. The Bertz CT molecular complexity index is 330. The van der Waals surface area contributed by atoms with E-state index in [2.05, 4.69) is 0 Å². The smallest absolute Gasteiger partial charge is 0.133 e. The SMILES string of the molecule is Cc1c(Cl)ccc(C(O)CCN)c1F. The fraction of sp³-hybridized carbons (Fsp3) is 0.400. The molecule has 14 heavy (non-hydrogen) atoms. The van der Waals surface area contributed by atoms with Crippen molar-refractivity contribution < 1.29 is 9.50 Å². The highest BCUT2D eigenvalue weighted by molar-refractivity contribution is 6.31. The first-order chi connectivity index (χ1) is 6.57. The minimum absolute atomic E-state index is 0.261. The molecule has 78 valence electrons. The molecule has 1 atom stereocenters. The molecule has 3 N–H and O–H groups in total. The van der Waals surface area contributed by atoms with Gasteiger partial charge in [-0.15, -0.1) is 0 Å².